The van der Waals surface area contributed by atoms with E-state index in [2.05, 4.69) is 24.3 Å². The lowest BCUT2D eigenvalue weighted by Crippen LogP contribution is -2.05. The van der Waals surface area contributed by atoms with Crippen LogP contribution in [-0.2, 0) is 9.53 Å². The van der Waals surface area contributed by atoms with Gasteiger partial charge in [-0.05, 0) is 6.92 Å². The zero-order valence-corrected chi connectivity index (χ0v) is 12.2. The predicted octanol–water partition coefficient (Wildman–Crippen LogP) is 3.03. The van der Waals surface area contributed by atoms with Crippen LogP contribution in [0.3, 0.4) is 0 Å². The highest BCUT2D eigenvalue weighted by Crippen LogP contribution is 2.21. The number of hydrogen-bond acceptors (Lipinski definition) is 8. The summed E-state index contributed by atoms with van der Waals surface area (Å²) in [5.41, 5.74) is 0.141. The van der Waals surface area contributed by atoms with Crippen molar-refractivity contribution in [2.75, 3.05) is 7.11 Å². The number of rotatable bonds is 4. The number of carbonyl (C=O) groups is 1. The Bertz CT molecular complexity index is 694. The van der Waals surface area contributed by atoms with Crippen LogP contribution in [0.15, 0.2) is 46.3 Å². The summed E-state index contributed by atoms with van der Waals surface area (Å²) < 4.78 is 8.55. The second kappa shape index (κ2) is 6.71. The number of benzene rings is 1. The van der Waals surface area contributed by atoms with Crippen LogP contribution in [0.4, 0.5) is 5.13 Å². The number of aliphatic hydroxyl groups is 1. The molecule has 0 saturated carbocycles. The molecule has 0 aliphatic heterocycles. The molecular weight excluding hydrogens is 292 g/mol. The van der Waals surface area contributed by atoms with Gasteiger partial charge in [-0.15, -0.1) is 10.2 Å². The second-order valence-electron chi connectivity index (χ2n) is 3.88. The summed E-state index contributed by atoms with van der Waals surface area (Å²) >= 11 is 1.04. The van der Waals surface area contributed by atoms with E-state index in [4.69, 9.17) is 0 Å². The van der Waals surface area contributed by atoms with Gasteiger partial charge in [0.05, 0.1) is 7.11 Å². The molecule has 1 aromatic heterocycles. The first-order valence-electron chi connectivity index (χ1n) is 5.91. The molecule has 0 atom stereocenters. The summed E-state index contributed by atoms with van der Waals surface area (Å²) in [4.78, 5) is 15.7. The van der Waals surface area contributed by atoms with Crippen molar-refractivity contribution in [3.63, 3.8) is 0 Å². The fourth-order valence-electron chi connectivity index (χ4n) is 1.43. The predicted molar refractivity (Wildman–Crippen MR) is 77.2 cm³/mol. The summed E-state index contributed by atoms with van der Waals surface area (Å²) in [6.07, 6.45) is 0. The summed E-state index contributed by atoms with van der Waals surface area (Å²) in [7, 11) is 1.20. The topological polar surface area (TPSA) is 97.0 Å². The summed E-state index contributed by atoms with van der Waals surface area (Å²) in [6, 6.07) is 8.53. The third-order valence-corrected chi connectivity index (χ3v) is 3.09. The Morgan fingerprint density at radius 3 is 2.62 bits per heavy atom. The van der Waals surface area contributed by atoms with Gasteiger partial charge < -0.3 is 9.84 Å². The van der Waals surface area contributed by atoms with Crippen molar-refractivity contribution < 1.29 is 14.6 Å². The average molecular weight is 304 g/mol. The number of esters is 1. The Morgan fingerprint density at radius 1 is 1.33 bits per heavy atom. The Balaban J connectivity index is 2.39. The first-order chi connectivity index (χ1) is 10.1. The van der Waals surface area contributed by atoms with Crippen LogP contribution in [0.1, 0.15) is 11.4 Å². The molecule has 0 saturated heterocycles. The van der Waals surface area contributed by atoms with Crippen LogP contribution >= 0.6 is 11.5 Å². The number of ether oxygens (including phenoxy) is 1. The van der Waals surface area contributed by atoms with Gasteiger partial charge >= 0.3 is 5.97 Å². The van der Waals surface area contributed by atoms with Gasteiger partial charge in [-0.25, -0.2) is 9.78 Å². The van der Waals surface area contributed by atoms with Crippen LogP contribution < -0.4 is 0 Å². The lowest BCUT2D eigenvalue weighted by atomic mass is 10.1. The first-order valence-corrected chi connectivity index (χ1v) is 6.68. The molecule has 0 unspecified atom stereocenters. The van der Waals surface area contributed by atoms with Gasteiger partial charge in [-0.1, -0.05) is 30.3 Å². The van der Waals surface area contributed by atoms with Gasteiger partial charge in [0.1, 0.15) is 5.82 Å². The summed E-state index contributed by atoms with van der Waals surface area (Å²) in [5.74, 6) is -0.543. The minimum absolute atomic E-state index is 0.287. The average Bonchev–Trinajstić information content (AvgIpc) is 2.93. The van der Waals surface area contributed by atoms with Crippen LogP contribution in [0, 0.1) is 6.92 Å². The number of carbonyl (C=O) groups excluding carboxylic acids is 1. The molecule has 108 valence electrons. The standard InChI is InChI=1S/C13H12N4O3S/c1-8-14-13(21-17-8)16-15-10(12(19)20-2)11(18)9-6-4-3-5-7-9/h3-7,18H,1-2H3/b11-10+,16-15?. The Hall–Kier alpha value is -2.61. The monoisotopic (exact) mass is 304 g/mol. The minimum Gasteiger partial charge on any atom is -0.505 e. The molecule has 1 N–H and O–H groups in total. The first kappa shape index (κ1) is 14.8. The van der Waals surface area contributed by atoms with Crippen LogP contribution in [-0.4, -0.2) is 27.5 Å². The molecule has 0 spiro atoms. The number of aliphatic hydroxyl groups excluding tert-OH is 1. The van der Waals surface area contributed by atoms with Crippen LogP contribution in [0.2, 0.25) is 0 Å². The Kier molecular flexibility index (Phi) is 4.72. The zero-order valence-electron chi connectivity index (χ0n) is 11.3. The smallest absolute Gasteiger partial charge is 0.362 e. The third-order valence-electron chi connectivity index (χ3n) is 2.40. The molecule has 1 aromatic carbocycles. The number of aromatic nitrogens is 2. The molecule has 21 heavy (non-hydrogen) atoms. The van der Waals surface area contributed by atoms with Crippen molar-refractivity contribution in [1.82, 2.24) is 9.36 Å². The van der Waals surface area contributed by atoms with E-state index in [1.54, 1.807) is 37.3 Å². The highest BCUT2D eigenvalue weighted by atomic mass is 32.1. The Morgan fingerprint density at radius 2 is 2.05 bits per heavy atom. The maximum absolute atomic E-state index is 11.7. The molecular formula is C13H12N4O3S. The van der Waals surface area contributed by atoms with Gasteiger partial charge in [0.25, 0.3) is 0 Å². The maximum atomic E-state index is 11.7. The normalized spacial score (nSPS) is 12.3. The van der Waals surface area contributed by atoms with Crippen LogP contribution in [0.5, 0.6) is 0 Å². The van der Waals surface area contributed by atoms with Gasteiger partial charge in [0.2, 0.25) is 10.8 Å². The zero-order chi connectivity index (χ0) is 15.2. The molecule has 1 heterocycles. The highest BCUT2D eigenvalue weighted by Gasteiger charge is 2.17. The molecule has 0 fully saturated rings. The molecule has 0 bridgehead atoms. The molecule has 0 amide bonds. The number of aryl methyl sites for hydroxylation is 1. The largest absolute Gasteiger partial charge is 0.505 e. The number of nitrogens with zero attached hydrogens (tertiary/aromatic N) is 4. The van der Waals surface area contributed by atoms with Crippen molar-refractivity contribution in [1.29, 1.82) is 0 Å². The molecule has 8 heteroatoms. The van der Waals surface area contributed by atoms with Gasteiger partial charge in [-0.3, -0.25) is 0 Å². The fourth-order valence-corrected chi connectivity index (χ4v) is 1.94. The van der Waals surface area contributed by atoms with Gasteiger partial charge in [0.15, 0.2) is 5.76 Å². The molecule has 2 rings (SSSR count). The molecule has 7 nitrogen and oxygen atoms in total. The van der Waals surface area contributed by atoms with Crippen molar-refractivity contribution in [3.8, 4) is 0 Å². The van der Waals surface area contributed by atoms with E-state index in [0.717, 1.165) is 11.5 Å². The number of methoxy groups -OCH3 is 1. The SMILES string of the molecule is COC(=O)/C(N=Nc1nc(C)ns1)=C(\O)c1ccccc1. The Labute approximate surface area is 124 Å². The quantitative estimate of drug-likeness (QED) is 0.405. The molecule has 0 aliphatic rings. The maximum Gasteiger partial charge on any atom is 0.362 e. The molecule has 0 aliphatic carbocycles. The van der Waals surface area contributed by atoms with E-state index in [-0.39, 0.29) is 16.6 Å². The lowest BCUT2D eigenvalue weighted by molar-refractivity contribution is -0.136. The summed E-state index contributed by atoms with van der Waals surface area (Å²) in [5, 5.41) is 18.0. The van der Waals surface area contributed by atoms with E-state index < -0.39 is 5.97 Å². The molecule has 2 aromatic rings. The highest BCUT2D eigenvalue weighted by molar-refractivity contribution is 7.09. The van der Waals surface area contributed by atoms with E-state index in [1.165, 1.54) is 7.11 Å². The minimum atomic E-state index is -0.790. The van der Waals surface area contributed by atoms with E-state index in [9.17, 15) is 9.90 Å². The van der Waals surface area contributed by atoms with Crippen LogP contribution in [0.25, 0.3) is 5.76 Å². The molecule has 0 radical (unpaired) electrons. The van der Waals surface area contributed by atoms with Crippen molar-refractivity contribution in [3.05, 3.63) is 47.4 Å². The fraction of sp³-hybridized carbons (Fsp3) is 0.154. The lowest BCUT2D eigenvalue weighted by Gasteiger charge is -2.03. The third kappa shape index (κ3) is 3.69. The van der Waals surface area contributed by atoms with E-state index in [1.807, 2.05) is 0 Å². The van der Waals surface area contributed by atoms with Gasteiger partial charge in [0, 0.05) is 17.1 Å². The number of azo groups is 1. The van der Waals surface area contributed by atoms with Gasteiger partial charge in [-0.2, -0.15) is 4.37 Å². The van der Waals surface area contributed by atoms with Crippen molar-refractivity contribution in [2.24, 2.45) is 10.2 Å². The summed E-state index contributed by atoms with van der Waals surface area (Å²) in [6.45, 7) is 1.72. The van der Waals surface area contributed by atoms with E-state index in [0.29, 0.717) is 11.4 Å². The number of hydrogen-bond donors (Lipinski definition) is 1. The van der Waals surface area contributed by atoms with Crippen molar-refractivity contribution in [2.45, 2.75) is 6.92 Å². The second-order valence-corrected chi connectivity index (χ2v) is 4.61. The van der Waals surface area contributed by atoms with E-state index >= 15 is 0 Å². The van der Waals surface area contributed by atoms with Crippen molar-refractivity contribution >= 4 is 28.4 Å².